The molecule has 2 rings (SSSR count). The van der Waals surface area contributed by atoms with Crippen LogP contribution in [0.5, 0.6) is 0 Å². The van der Waals surface area contributed by atoms with Gasteiger partial charge in [-0.3, -0.25) is 4.99 Å². The van der Waals surface area contributed by atoms with Gasteiger partial charge in [0.2, 0.25) is 0 Å². The molecular formula is C17H27ClN4. The first-order valence-corrected chi connectivity index (χ1v) is 8.21. The number of aryl methyl sites for hydroxylation is 1. The van der Waals surface area contributed by atoms with Gasteiger partial charge in [-0.05, 0) is 57.7 Å². The van der Waals surface area contributed by atoms with Gasteiger partial charge in [-0.15, -0.1) is 0 Å². The van der Waals surface area contributed by atoms with Crippen molar-refractivity contribution in [1.82, 2.24) is 5.32 Å². The Bertz CT molecular complexity index is 548. The fourth-order valence-electron chi connectivity index (χ4n) is 2.77. The molecule has 1 fully saturated rings. The molecule has 122 valence electrons. The number of hydrogen-bond acceptors (Lipinski definition) is 2. The van der Waals surface area contributed by atoms with Crippen LogP contribution < -0.4 is 16.0 Å². The molecule has 0 radical (unpaired) electrons. The number of nitrogens with one attached hydrogen (secondary N) is 1. The van der Waals surface area contributed by atoms with Crippen LogP contribution >= 0.6 is 11.6 Å². The van der Waals surface area contributed by atoms with Crippen molar-refractivity contribution in [2.75, 3.05) is 24.5 Å². The van der Waals surface area contributed by atoms with Gasteiger partial charge < -0.3 is 16.0 Å². The molecule has 0 bridgehead atoms. The van der Waals surface area contributed by atoms with Crippen molar-refractivity contribution in [2.45, 2.75) is 39.7 Å². The molecule has 1 atom stereocenters. The largest absolute Gasteiger partial charge is 0.371 e. The molecule has 1 unspecified atom stereocenters. The summed E-state index contributed by atoms with van der Waals surface area (Å²) >= 11 is 6.12. The van der Waals surface area contributed by atoms with Gasteiger partial charge in [0, 0.05) is 35.9 Å². The molecule has 1 aromatic carbocycles. The van der Waals surface area contributed by atoms with Crippen LogP contribution in [0.1, 0.15) is 32.8 Å². The lowest BCUT2D eigenvalue weighted by Crippen LogP contribution is -2.45. The molecule has 1 aliphatic rings. The van der Waals surface area contributed by atoms with E-state index in [1.807, 2.05) is 6.07 Å². The molecule has 0 spiro atoms. The van der Waals surface area contributed by atoms with Crippen LogP contribution in [-0.4, -0.2) is 31.1 Å². The van der Waals surface area contributed by atoms with Crippen molar-refractivity contribution in [3.05, 3.63) is 28.8 Å². The Balaban J connectivity index is 1.93. The Morgan fingerprint density at radius 1 is 1.45 bits per heavy atom. The number of nitrogens with two attached hydrogens (primary N) is 1. The summed E-state index contributed by atoms with van der Waals surface area (Å²) in [6.45, 7) is 11.2. The highest BCUT2D eigenvalue weighted by Crippen LogP contribution is 2.29. The Labute approximate surface area is 138 Å². The summed E-state index contributed by atoms with van der Waals surface area (Å²) < 4.78 is 0. The Morgan fingerprint density at radius 2 is 2.18 bits per heavy atom. The van der Waals surface area contributed by atoms with Crippen LogP contribution in [0, 0.1) is 12.8 Å². The molecular weight excluding hydrogens is 296 g/mol. The summed E-state index contributed by atoms with van der Waals surface area (Å²) in [5, 5.41) is 3.99. The SMILES string of the molecule is Cc1ccc(Cl)cc1N1CCC(CN=C(N)NC(C)(C)C)C1. The van der Waals surface area contributed by atoms with Gasteiger partial charge in [-0.25, -0.2) is 0 Å². The standard InChI is InChI=1S/C17H27ClN4/c1-12-5-6-14(18)9-15(12)22-8-7-13(11-22)10-20-16(19)21-17(2,3)4/h5-6,9,13H,7-8,10-11H2,1-4H3,(H3,19,20,21). The average Bonchev–Trinajstić information content (AvgIpc) is 2.86. The first kappa shape index (κ1) is 16.9. The topological polar surface area (TPSA) is 53.6 Å². The molecule has 0 aliphatic carbocycles. The van der Waals surface area contributed by atoms with E-state index in [0.717, 1.165) is 31.1 Å². The van der Waals surface area contributed by atoms with Gasteiger partial charge in [0.05, 0.1) is 0 Å². The molecule has 1 aromatic rings. The number of benzene rings is 1. The minimum Gasteiger partial charge on any atom is -0.371 e. The van der Waals surface area contributed by atoms with Crippen LogP contribution in [0.4, 0.5) is 5.69 Å². The monoisotopic (exact) mass is 322 g/mol. The summed E-state index contributed by atoms with van der Waals surface area (Å²) in [7, 11) is 0. The predicted octanol–water partition coefficient (Wildman–Crippen LogP) is 3.18. The van der Waals surface area contributed by atoms with Crippen molar-refractivity contribution in [3.8, 4) is 0 Å². The third-order valence-electron chi connectivity index (χ3n) is 3.82. The van der Waals surface area contributed by atoms with E-state index in [1.165, 1.54) is 11.3 Å². The molecule has 5 heteroatoms. The second-order valence-corrected chi connectivity index (χ2v) is 7.57. The lowest BCUT2D eigenvalue weighted by molar-refractivity contribution is 0.505. The minimum atomic E-state index is -0.0484. The summed E-state index contributed by atoms with van der Waals surface area (Å²) in [5.41, 5.74) is 8.39. The maximum absolute atomic E-state index is 6.12. The lowest BCUT2D eigenvalue weighted by atomic mass is 10.1. The van der Waals surface area contributed by atoms with E-state index >= 15 is 0 Å². The quantitative estimate of drug-likeness (QED) is 0.664. The predicted molar refractivity (Wildman–Crippen MR) is 95.9 cm³/mol. The number of anilines is 1. The molecule has 0 saturated carbocycles. The van der Waals surface area contributed by atoms with Gasteiger partial charge in [-0.2, -0.15) is 0 Å². The zero-order valence-electron chi connectivity index (χ0n) is 14.0. The van der Waals surface area contributed by atoms with Crippen molar-refractivity contribution >= 4 is 23.2 Å². The maximum atomic E-state index is 6.12. The Hall–Kier alpha value is -1.42. The first-order valence-electron chi connectivity index (χ1n) is 7.84. The van der Waals surface area contributed by atoms with Crippen molar-refractivity contribution in [3.63, 3.8) is 0 Å². The second-order valence-electron chi connectivity index (χ2n) is 7.13. The smallest absolute Gasteiger partial charge is 0.188 e. The molecule has 1 aliphatic heterocycles. The van der Waals surface area contributed by atoms with Crippen LogP contribution in [0.25, 0.3) is 0 Å². The summed E-state index contributed by atoms with van der Waals surface area (Å²) in [6, 6.07) is 6.07. The van der Waals surface area contributed by atoms with Crippen molar-refractivity contribution < 1.29 is 0 Å². The number of guanidine groups is 1. The van der Waals surface area contributed by atoms with Gasteiger partial charge in [0.1, 0.15) is 0 Å². The van der Waals surface area contributed by atoms with Crippen LogP contribution in [-0.2, 0) is 0 Å². The Morgan fingerprint density at radius 3 is 2.86 bits per heavy atom. The second kappa shape index (κ2) is 6.78. The van der Waals surface area contributed by atoms with Crippen molar-refractivity contribution in [1.29, 1.82) is 0 Å². The van der Waals surface area contributed by atoms with E-state index in [4.69, 9.17) is 17.3 Å². The van der Waals surface area contributed by atoms with Crippen LogP contribution in [0.2, 0.25) is 5.02 Å². The van der Waals surface area contributed by atoms with Crippen LogP contribution in [0.3, 0.4) is 0 Å². The third kappa shape index (κ3) is 4.80. The first-order chi connectivity index (χ1) is 10.2. The van der Waals surface area contributed by atoms with Gasteiger partial charge in [0.15, 0.2) is 5.96 Å². The van der Waals surface area contributed by atoms with E-state index in [0.29, 0.717) is 11.9 Å². The summed E-state index contributed by atoms with van der Waals surface area (Å²) in [6.07, 6.45) is 1.14. The molecule has 0 aromatic heterocycles. The lowest BCUT2D eigenvalue weighted by Gasteiger charge is -2.22. The van der Waals surface area contributed by atoms with E-state index in [2.05, 4.69) is 55.0 Å². The zero-order chi connectivity index (χ0) is 16.3. The third-order valence-corrected chi connectivity index (χ3v) is 4.06. The zero-order valence-corrected chi connectivity index (χ0v) is 14.7. The minimum absolute atomic E-state index is 0.0484. The molecule has 3 N–H and O–H groups in total. The van der Waals surface area contributed by atoms with E-state index in [9.17, 15) is 0 Å². The number of rotatable bonds is 3. The highest BCUT2D eigenvalue weighted by atomic mass is 35.5. The number of nitrogens with zero attached hydrogens (tertiary/aromatic N) is 2. The fraction of sp³-hybridized carbons (Fsp3) is 0.588. The van der Waals surface area contributed by atoms with Gasteiger partial charge in [0.25, 0.3) is 0 Å². The van der Waals surface area contributed by atoms with E-state index in [-0.39, 0.29) is 5.54 Å². The molecule has 1 saturated heterocycles. The highest BCUT2D eigenvalue weighted by Gasteiger charge is 2.23. The Kier molecular flexibility index (Phi) is 5.22. The van der Waals surface area contributed by atoms with E-state index in [1.54, 1.807) is 0 Å². The number of halogens is 1. The normalized spacial score (nSPS) is 19.6. The van der Waals surface area contributed by atoms with Crippen LogP contribution in [0.15, 0.2) is 23.2 Å². The molecule has 1 heterocycles. The van der Waals surface area contributed by atoms with Crippen molar-refractivity contribution in [2.24, 2.45) is 16.6 Å². The number of aliphatic imine (C=N–C) groups is 1. The fourth-order valence-corrected chi connectivity index (χ4v) is 2.94. The number of hydrogen-bond donors (Lipinski definition) is 2. The molecule has 22 heavy (non-hydrogen) atoms. The molecule has 0 amide bonds. The maximum Gasteiger partial charge on any atom is 0.188 e. The highest BCUT2D eigenvalue weighted by molar-refractivity contribution is 6.30. The summed E-state index contributed by atoms with van der Waals surface area (Å²) in [4.78, 5) is 6.89. The average molecular weight is 323 g/mol. The summed E-state index contributed by atoms with van der Waals surface area (Å²) in [5.74, 6) is 1.07. The van der Waals surface area contributed by atoms with Gasteiger partial charge in [-0.1, -0.05) is 17.7 Å². The van der Waals surface area contributed by atoms with Gasteiger partial charge >= 0.3 is 0 Å². The van der Waals surface area contributed by atoms with E-state index < -0.39 is 0 Å². The molecule has 4 nitrogen and oxygen atoms in total.